The molecule has 0 bridgehead atoms. The summed E-state index contributed by atoms with van der Waals surface area (Å²) in [6.45, 7) is 2.03. The predicted molar refractivity (Wildman–Crippen MR) is 74.1 cm³/mol. The minimum atomic E-state index is -0.142. The molecule has 18 heavy (non-hydrogen) atoms. The number of benzene rings is 1. The van der Waals surface area contributed by atoms with Gasteiger partial charge in [0.2, 0.25) is 0 Å². The highest BCUT2D eigenvalue weighted by Gasteiger charge is 2.08. The Morgan fingerprint density at radius 2 is 2.11 bits per heavy atom. The van der Waals surface area contributed by atoms with Crippen LogP contribution in [0.5, 0.6) is 0 Å². The van der Waals surface area contributed by atoms with Crippen LogP contribution in [-0.4, -0.2) is 22.4 Å². The number of aryl methyl sites for hydroxylation is 1. The molecule has 1 aromatic heterocycles. The standard InChI is InChI=1S/C13H15N3OS/c1-3-10-8-12(16-15-10)14-13(17)9-4-6-11(18-2)7-5-9/h4-8H,3H2,1-2H3,(H2,14,15,16,17). The second kappa shape index (κ2) is 5.73. The first-order chi connectivity index (χ1) is 8.72. The van der Waals surface area contributed by atoms with Crippen LogP contribution in [0, 0.1) is 0 Å². The van der Waals surface area contributed by atoms with Crippen molar-refractivity contribution in [2.45, 2.75) is 18.2 Å². The molecule has 0 aliphatic carbocycles. The van der Waals surface area contributed by atoms with E-state index in [9.17, 15) is 4.79 Å². The molecule has 1 amide bonds. The number of hydrogen-bond acceptors (Lipinski definition) is 3. The fourth-order valence-corrected chi connectivity index (χ4v) is 1.95. The van der Waals surface area contributed by atoms with E-state index in [1.807, 2.05) is 43.5 Å². The Bertz CT molecular complexity index is 533. The van der Waals surface area contributed by atoms with Crippen LogP contribution < -0.4 is 5.32 Å². The second-order valence-corrected chi connectivity index (χ2v) is 4.69. The van der Waals surface area contributed by atoms with E-state index in [2.05, 4.69) is 15.5 Å². The van der Waals surface area contributed by atoms with Crippen molar-refractivity contribution in [2.24, 2.45) is 0 Å². The summed E-state index contributed by atoms with van der Waals surface area (Å²) in [7, 11) is 0. The maximum absolute atomic E-state index is 11.9. The van der Waals surface area contributed by atoms with E-state index in [0.29, 0.717) is 11.4 Å². The van der Waals surface area contributed by atoms with Crippen LogP contribution in [0.15, 0.2) is 35.2 Å². The number of thioether (sulfide) groups is 1. The van der Waals surface area contributed by atoms with E-state index in [0.717, 1.165) is 17.0 Å². The van der Waals surface area contributed by atoms with Gasteiger partial charge >= 0.3 is 0 Å². The fraction of sp³-hybridized carbons (Fsp3) is 0.231. The lowest BCUT2D eigenvalue weighted by Crippen LogP contribution is -2.11. The van der Waals surface area contributed by atoms with Crippen LogP contribution >= 0.6 is 11.8 Å². The summed E-state index contributed by atoms with van der Waals surface area (Å²) in [4.78, 5) is 13.1. The number of hydrogen-bond donors (Lipinski definition) is 2. The Hall–Kier alpha value is -1.75. The minimum Gasteiger partial charge on any atom is -0.305 e. The molecule has 2 N–H and O–H groups in total. The molecule has 0 fully saturated rings. The number of anilines is 1. The summed E-state index contributed by atoms with van der Waals surface area (Å²) in [5, 5.41) is 9.65. The van der Waals surface area contributed by atoms with E-state index in [-0.39, 0.29) is 5.91 Å². The first-order valence-electron chi connectivity index (χ1n) is 5.72. The Morgan fingerprint density at radius 1 is 1.39 bits per heavy atom. The molecule has 2 rings (SSSR count). The van der Waals surface area contributed by atoms with Gasteiger partial charge in [-0.15, -0.1) is 11.8 Å². The average molecular weight is 261 g/mol. The highest BCUT2D eigenvalue weighted by atomic mass is 32.2. The van der Waals surface area contributed by atoms with Crippen molar-refractivity contribution >= 4 is 23.5 Å². The zero-order valence-corrected chi connectivity index (χ0v) is 11.2. The van der Waals surface area contributed by atoms with Gasteiger partial charge in [0.25, 0.3) is 5.91 Å². The lowest BCUT2D eigenvalue weighted by molar-refractivity contribution is 0.102. The number of aromatic amines is 1. The minimum absolute atomic E-state index is 0.142. The molecule has 5 heteroatoms. The van der Waals surface area contributed by atoms with Crippen molar-refractivity contribution in [3.05, 3.63) is 41.6 Å². The number of H-pyrrole nitrogens is 1. The number of aromatic nitrogens is 2. The van der Waals surface area contributed by atoms with E-state index < -0.39 is 0 Å². The summed E-state index contributed by atoms with van der Waals surface area (Å²) in [5.74, 6) is 0.419. The summed E-state index contributed by atoms with van der Waals surface area (Å²) < 4.78 is 0. The molecule has 2 aromatic rings. The summed E-state index contributed by atoms with van der Waals surface area (Å²) in [5.41, 5.74) is 1.64. The molecule has 1 heterocycles. The SMILES string of the molecule is CCc1cc(NC(=O)c2ccc(SC)cc2)n[nH]1. The third-order valence-corrected chi connectivity index (χ3v) is 3.35. The van der Waals surface area contributed by atoms with Crippen LogP contribution in [-0.2, 0) is 6.42 Å². The highest BCUT2D eigenvalue weighted by molar-refractivity contribution is 7.98. The number of rotatable bonds is 4. The molecule has 1 aromatic carbocycles. The molecule has 0 unspecified atom stereocenters. The van der Waals surface area contributed by atoms with Crippen molar-refractivity contribution in [3.8, 4) is 0 Å². The van der Waals surface area contributed by atoms with Crippen molar-refractivity contribution in [2.75, 3.05) is 11.6 Å². The third kappa shape index (κ3) is 2.92. The number of carbonyl (C=O) groups is 1. The van der Waals surface area contributed by atoms with Gasteiger partial charge in [-0.3, -0.25) is 9.89 Å². The van der Waals surface area contributed by atoms with Gasteiger partial charge in [-0.2, -0.15) is 5.10 Å². The monoisotopic (exact) mass is 261 g/mol. The summed E-state index contributed by atoms with van der Waals surface area (Å²) >= 11 is 1.65. The second-order valence-electron chi connectivity index (χ2n) is 3.81. The Morgan fingerprint density at radius 3 is 2.67 bits per heavy atom. The third-order valence-electron chi connectivity index (χ3n) is 2.61. The molecular formula is C13H15N3OS. The van der Waals surface area contributed by atoms with Gasteiger partial charge in [-0.05, 0) is 36.9 Å². The number of nitrogens with one attached hydrogen (secondary N) is 2. The average Bonchev–Trinajstić information content (AvgIpc) is 2.86. The summed E-state index contributed by atoms with van der Waals surface area (Å²) in [6.07, 6.45) is 2.87. The van der Waals surface area contributed by atoms with E-state index in [1.165, 1.54) is 0 Å². The number of amides is 1. The molecule has 0 atom stereocenters. The largest absolute Gasteiger partial charge is 0.305 e. The van der Waals surface area contributed by atoms with Gasteiger partial charge in [0.1, 0.15) is 0 Å². The van der Waals surface area contributed by atoms with Crippen LogP contribution in [0.25, 0.3) is 0 Å². The molecule has 0 spiro atoms. The predicted octanol–water partition coefficient (Wildman–Crippen LogP) is 2.95. The smallest absolute Gasteiger partial charge is 0.256 e. The van der Waals surface area contributed by atoms with Crippen molar-refractivity contribution < 1.29 is 4.79 Å². The van der Waals surface area contributed by atoms with Gasteiger partial charge in [0.05, 0.1) is 0 Å². The normalized spacial score (nSPS) is 10.3. The molecular weight excluding hydrogens is 246 g/mol. The van der Waals surface area contributed by atoms with Gasteiger partial charge < -0.3 is 5.32 Å². The maximum Gasteiger partial charge on any atom is 0.256 e. The Balaban J connectivity index is 2.06. The van der Waals surface area contributed by atoms with Gasteiger partial charge in [0.15, 0.2) is 5.82 Å². The molecule has 0 aliphatic rings. The lowest BCUT2D eigenvalue weighted by Gasteiger charge is -2.02. The first kappa shape index (κ1) is 12.7. The summed E-state index contributed by atoms with van der Waals surface area (Å²) in [6, 6.07) is 9.33. The van der Waals surface area contributed by atoms with Crippen molar-refractivity contribution in [3.63, 3.8) is 0 Å². The molecule has 0 radical (unpaired) electrons. The van der Waals surface area contributed by atoms with Crippen LogP contribution in [0.4, 0.5) is 5.82 Å². The number of nitrogens with zero attached hydrogens (tertiary/aromatic N) is 1. The molecule has 94 valence electrons. The molecule has 0 saturated carbocycles. The Labute approximate surface area is 110 Å². The number of carbonyl (C=O) groups excluding carboxylic acids is 1. The lowest BCUT2D eigenvalue weighted by atomic mass is 10.2. The molecule has 4 nitrogen and oxygen atoms in total. The fourth-order valence-electron chi connectivity index (χ4n) is 1.54. The zero-order chi connectivity index (χ0) is 13.0. The van der Waals surface area contributed by atoms with Crippen molar-refractivity contribution in [1.29, 1.82) is 0 Å². The van der Waals surface area contributed by atoms with E-state index in [1.54, 1.807) is 11.8 Å². The van der Waals surface area contributed by atoms with E-state index >= 15 is 0 Å². The van der Waals surface area contributed by atoms with Gasteiger partial charge in [0, 0.05) is 22.2 Å². The quantitative estimate of drug-likeness (QED) is 0.832. The highest BCUT2D eigenvalue weighted by Crippen LogP contribution is 2.15. The molecule has 0 saturated heterocycles. The van der Waals surface area contributed by atoms with Crippen LogP contribution in [0.2, 0.25) is 0 Å². The first-order valence-corrected chi connectivity index (χ1v) is 6.95. The maximum atomic E-state index is 11.9. The van der Waals surface area contributed by atoms with Crippen molar-refractivity contribution in [1.82, 2.24) is 10.2 Å². The van der Waals surface area contributed by atoms with Crippen LogP contribution in [0.1, 0.15) is 23.0 Å². The zero-order valence-electron chi connectivity index (χ0n) is 10.4. The Kier molecular flexibility index (Phi) is 4.04. The van der Waals surface area contributed by atoms with E-state index in [4.69, 9.17) is 0 Å². The van der Waals surface area contributed by atoms with Crippen LogP contribution in [0.3, 0.4) is 0 Å². The van der Waals surface area contributed by atoms with Gasteiger partial charge in [-0.1, -0.05) is 6.92 Å². The molecule has 0 aliphatic heterocycles. The topological polar surface area (TPSA) is 57.8 Å². The van der Waals surface area contributed by atoms with Gasteiger partial charge in [-0.25, -0.2) is 0 Å².